The summed E-state index contributed by atoms with van der Waals surface area (Å²) in [6, 6.07) is 2.49. The molecule has 0 saturated carbocycles. The van der Waals surface area contributed by atoms with Crippen molar-refractivity contribution >= 4 is 17.6 Å². The van der Waals surface area contributed by atoms with Crippen LogP contribution in [-0.2, 0) is 4.79 Å². The van der Waals surface area contributed by atoms with E-state index < -0.39 is 5.97 Å². The number of anilines is 1. The summed E-state index contributed by atoms with van der Waals surface area (Å²) in [6.07, 6.45) is 1.66. The van der Waals surface area contributed by atoms with E-state index in [1.54, 1.807) is 0 Å². The Morgan fingerprint density at radius 3 is 2.48 bits per heavy atom. The molecule has 1 fully saturated rings. The third-order valence-corrected chi connectivity index (χ3v) is 3.39. The highest BCUT2D eigenvalue weighted by atomic mass is 16.5. The molecule has 1 atom stereocenters. The zero-order valence-corrected chi connectivity index (χ0v) is 11.9. The number of aromatic carboxylic acids is 1. The number of rotatable bonds is 5. The number of carboxylic acid groups (broad SMARTS) is 1. The van der Waals surface area contributed by atoms with Gasteiger partial charge in [0.05, 0.1) is 31.5 Å². The minimum Gasteiger partial charge on any atom is -0.493 e. The van der Waals surface area contributed by atoms with Crippen LogP contribution in [0.15, 0.2) is 12.1 Å². The summed E-state index contributed by atoms with van der Waals surface area (Å²) in [4.78, 5) is 23.4. The van der Waals surface area contributed by atoms with Gasteiger partial charge in [-0.1, -0.05) is 0 Å². The fourth-order valence-corrected chi connectivity index (χ4v) is 2.29. The van der Waals surface area contributed by atoms with Gasteiger partial charge in [-0.3, -0.25) is 4.79 Å². The minimum atomic E-state index is -1.15. The number of ether oxygens (including phenoxy) is 2. The van der Waals surface area contributed by atoms with Gasteiger partial charge in [-0.25, -0.2) is 4.79 Å². The lowest BCUT2D eigenvalue weighted by Crippen LogP contribution is -2.35. The first kappa shape index (κ1) is 15.1. The molecule has 0 bridgehead atoms. The molecule has 1 aromatic rings. The van der Waals surface area contributed by atoms with Crippen LogP contribution in [0.3, 0.4) is 0 Å². The molecule has 7 nitrogen and oxygen atoms in total. The first-order chi connectivity index (χ1) is 10.1. The molecule has 1 aliphatic rings. The third-order valence-electron chi connectivity index (χ3n) is 3.39. The SMILES string of the molecule is COc1cc(NC(=O)C2CCCN2)c(C(=O)O)cc1OC. The van der Waals surface area contributed by atoms with E-state index in [-0.39, 0.29) is 23.2 Å². The van der Waals surface area contributed by atoms with Gasteiger partial charge in [-0.05, 0) is 19.4 Å². The number of methoxy groups -OCH3 is 2. The lowest BCUT2D eigenvalue weighted by Gasteiger charge is -2.15. The molecule has 1 saturated heterocycles. The average Bonchev–Trinajstić information content (AvgIpc) is 3.00. The Morgan fingerprint density at radius 2 is 1.95 bits per heavy atom. The van der Waals surface area contributed by atoms with Crippen molar-refractivity contribution in [3.05, 3.63) is 17.7 Å². The molecule has 1 aromatic carbocycles. The van der Waals surface area contributed by atoms with Gasteiger partial charge < -0.3 is 25.2 Å². The van der Waals surface area contributed by atoms with Crippen LogP contribution >= 0.6 is 0 Å². The van der Waals surface area contributed by atoms with Crippen molar-refractivity contribution in [3.63, 3.8) is 0 Å². The Labute approximate surface area is 122 Å². The van der Waals surface area contributed by atoms with Crippen LogP contribution in [0.4, 0.5) is 5.69 Å². The summed E-state index contributed by atoms with van der Waals surface area (Å²) in [7, 11) is 2.87. The number of benzene rings is 1. The van der Waals surface area contributed by atoms with E-state index in [0.717, 1.165) is 19.4 Å². The number of hydrogen-bond acceptors (Lipinski definition) is 5. The quantitative estimate of drug-likeness (QED) is 0.752. The van der Waals surface area contributed by atoms with Crippen molar-refractivity contribution in [1.29, 1.82) is 0 Å². The van der Waals surface area contributed by atoms with E-state index in [1.807, 2.05) is 0 Å². The average molecular weight is 294 g/mol. The summed E-state index contributed by atoms with van der Waals surface area (Å²) < 4.78 is 10.2. The Balaban J connectivity index is 2.31. The molecule has 0 radical (unpaired) electrons. The summed E-state index contributed by atoms with van der Waals surface area (Å²) in [5.74, 6) is -0.739. The molecule has 0 spiro atoms. The normalized spacial score (nSPS) is 17.3. The Kier molecular flexibility index (Phi) is 4.64. The second kappa shape index (κ2) is 6.45. The largest absolute Gasteiger partial charge is 0.493 e. The van der Waals surface area contributed by atoms with Gasteiger partial charge >= 0.3 is 5.97 Å². The molecular weight excluding hydrogens is 276 g/mol. The molecular formula is C14H18N2O5. The maximum atomic E-state index is 12.1. The number of carboxylic acids is 1. The topological polar surface area (TPSA) is 96.9 Å². The molecule has 7 heteroatoms. The van der Waals surface area contributed by atoms with E-state index in [4.69, 9.17) is 9.47 Å². The fraction of sp³-hybridized carbons (Fsp3) is 0.429. The number of nitrogens with one attached hydrogen (secondary N) is 2. The molecule has 2 rings (SSSR count). The summed E-state index contributed by atoms with van der Waals surface area (Å²) in [5, 5.41) is 15.0. The molecule has 1 amide bonds. The third kappa shape index (κ3) is 3.25. The molecule has 114 valence electrons. The second-order valence-electron chi connectivity index (χ2n) is 4.70. The summed E-state index contributed by atoms with van der Waals surface area (Å²) >= 11 is 0. The lowest BCUT2D eigenvalue weighted by molar-refractivity contribution is -0.117. The molecule has 1 unspecified atom stereocenters. The summed E-state index contributed by atoms with van der Waals surface area (Å²) in [6.45, 7) is 0.788. The highest BCUT2D eigenvalue weighted by Crippen LogP contribution is 2.33. The molecule has 3 N–H and O–H groups in total. The van der Waals surface area contributed by atoms with Crippen LogP contribution in [0.5, 0.6) is 11.5 Å². The zero-order valence-electron chi connectivity index (χ0n) is 11.9. The predicted molar refractivity (Wildman–Crippen MR) is 76.2 cm³/mol. The van der Waals surface area contributed by atoms with Gasteiger partial charge in [0.2, 0.25) is 5.91 Å². The van der Waals surface area contributed by atoms with Crippen LogP contribution in [0.25, 0.3) is 0 Å². The monoisotopic (exact) mass is 294 g/mol. The smallest absolute Gasteiger partial charge is 0.337 e. The van der Waals surface area contributed by atoms with Crippen molar-refractivity contribution in [2.24, 2.45) is 0 Å². The van der Waals surface area contributed by atoms with E-state index >= 15 is 0 Å². The standard InChI is InChI=1S/C14H18N2O5/c1-20-11-6-8(14(18)19)10(7-12(11)21-2)16-13(17)9-4-3-5-15-9/h6-7,9,15H,3-5H2,1-2H3,(H,16,17)(H,18,19). The Hall–Kier alpha value is -2.28. The van der Waals surface area contributed by atoms with E-state index in [1.165, 1.54) is 26.4 Å². The van der Waals surface area contributed by atoms with Gasteiger partial charge in [-0.2, -0.15) is 0 Å². The molecule has 1 aliphatic heterocycles. The fourth-order valence-electron chi connectivity index (χ4n) is 2.29. The van der Waals surface area contributed by atoms with E-state index in [0.29, 0.717) is 11.5 Å². The lowest BCUT2D eigenvalue weighted by atomic mass is 10.1. The van der Waals surface area contributed by atoms with Crippen molar-refractivity contribution in [1.82, 2.24) is 5.32 Å². The van der Waals surface area contributed by atoms with Crippen LogP contribution in [-0.4, -0.2) is 43.8 Å². The van der Waals surface area contributed by atoms with Crippen LogP contribution in [0.1, 0.15) is 23.2 Å². The number of carbonyl (C=O) groups is 2. The highest BCUT2D eigenvalue weighted by Gasteiger charge is 2.24. The predicted octanol–water partition coefficient (Wildman–Crippen LogP) is 1.09. The van der Waals surface area contributed by atoms with Crippen molar-refractivity contribution in [3.8, 4) is 11.5 Å². The van der Waals surface area contributed by atoms with Gasteiger partial charge in [0, 0.05) is 12.1 Å². The van der Waals surface area contributed by atoms with Crippen molar-refractivity contribution in [2.45, 2.75) is 18.9 Å². The molecule has 0 aliphatic carbocycles. The molecule has 1 heterocycles. The second-order valence-corrected chi connectivity index (χ2v) is 4.70. The number of carbonyl (C=O) groups excluding carboxylic acids is 1. The van der Waals surface area contributed by atoms with Crippen LogP contribution < -0.4 is 20.1 Å². The van der Waals surface area contributed by atoms with Gasteiger partial charge in [0.1, 0.15) is 0 Å². The molecule has 21 heavy (non-hydrogen) atoms. The first-order valence-corrected chi connectivity index (χ1v) is 6.60. The van der Waals surface area contributed by atoms with Crippen molar-refractivity contribution in [2.75, 3.05) is 26.1 Å². The maximum Gasteiger partial charge on any atom is 0.337 e. The van der Waals surface area contributed by atoms with Gasteiger partial charge in [0.15, 0.2) is 11.5 Å². The van der Waals surface area contributed by atoms with Crippen molar-refractivity contribution < 1.29 is 24.2 Å². The number of hydrogen-bond donors (Lipinski definition) is 3. The summed E-state index contributed by atoms with van der Waals surface area (Å²) in [5.41, 5.74) is 0.151. The van der Waals surface area contributed by atoms with E-state index in [9.17, 15) is 14.7 Å². The maximum absolute atomic E-state index is 12.1. The van der Waals surface area contributed by atoms with Crippen LogP contribution in [0, 0.1) is 0 Å². The number of amides is 1. The van der Waals surface area contributed by atoms with E-state index in [2.05, 4.69) is 10.6 Å². The van der Waals surface area contributed by atoms with Crippen LogP contribution in [0.2, 0.25) is 0 Å². The van der Waals surface area contributed by atoms with Gasteiger partial charge in [-0.15, -0.1) is 0 Å². The minimum absolute atomic E-state index is 0.0426. The van der Waals surface area contributed by atoms with Gasteiger partial charge in [0.25, 0.3) is 0 Å². The Bertz CT molecular complexity index is 553. The Morgan fingerprint density at radius 1 is 1.29 bits per heavy atom. The molecule has 0 aromatic heterocycles. The zero-order chi connectivity index (χ0) is 15.4. The first-order valence-electron chi connectivity index (χ1n) is 6.60. The highest BCUT2D eigenvalue weighted by molar-refractivity contribution is 6.03.